The van der Waals surface area contributed by atoms with Gasteiger partial charge in [0.2, 0.25) is 0 Å². The number of rotatable bonds is 10. The quantitative estimate of drug-likeness (QED) is 0.527. The van der Waals surface area contributed by atoms with Crippen LogP contribution >= 0.6 is 0 Å². The van der Waals surface area contributed by atoms with E-state index in [4.69, 9.17) is 4.74 Å². The summed E-state index contributed by atoms with van der Waals surface area (Å²) in [6, 6.07) is 0. The zero-order valence-corrected chi connectivity index (χ0v) is 13.9. The number of aromatic nitrogens is 2. The van der Waals surface area contributed by atoms with Gasteiger partial charge in [-0.2, -0.15) is 0 Å². The van der Waals surface area contributed by atoms with Crippen LogP contribution in [0.5, 0.6) is 5.75 Å². The van der Waals surface area contributed by atoms with Gasteiger partial charge >= 0.3 is 0 Å². The third-order valence-electron chi connectivity index (χ3n) is 3.02. The van der Waals surface area contributed by atoms with Crippen LogP contribution in [0.2, 0.25) is 0 Å². The maximum atomic E-state index is 5.82. The molecular weight excluding hydrogens is 262 g/mol. The van der Waals surface area contributed by atoms with Crippen LogP contribution < -0.4 is 10.1 Å². The predicted molar refractivity (Wildman–Crippen MR) is 87.6 cm³/mol. The minimum absolute atomic E-state index is 0.323. The SMILES string of the molecule is C=CCCCOc1cnc(C(C)C)nc1CNCC(C)C. The monoisotopic (exact) mass is 291 g/mol. The molecule has 21 heavy (non-hydrogen) atoms. The van der Waals surface area contributed by atoms with E-state index in [1.165, 1.54) is 0 Å². The van der Waals surface area contributed by atoms with Crippen molar-refractivity contribution in [2.24, 2.45) is 5.92 Å². The van der Waals surface area contributed by atoms with E-state index >= 15 is 0 Å². The first-order chi connectivity index (χ1) is 10.0. The van der Waals surface area contributed by atoms with Crippen LogP contribution in [-0.4, -0.2) is 23.1 Å². The van der Waals surface area contributed by atoms with Crippen LogP contribution in [0.4, 0.5) is 0 Å². The van der Waals surface area contributed by atoms with Crippen LogP contribution in [0, 0.1) is 5.92 Å². The summed E-state index contributed by atoms with van der Waals surface area (Å²) in [6.07, 6.45) is 5.65. The third kappa shape index (κ3) is 6.71. The maximum Gasteiger partial charge on any atom is 0.160 e. The van der Waals surface area contributed by atoms with Gasteiger partial charge in [-0.25, -0.2) is 9.97 Å². The number of hydrogen-bond donors (Lipinski definition) is 1. The Morgan fingerprint density at radius 3 is 2.71 bits per heavy atom. The highest BCUT2D eigenvalue weighted by Gasteiger charge is 2.11. The van der Waals surface area contributed by atoms with E-state index < -0.39 is 0 Å². The normalized spacial score (nSPS) is 11.1. The number of hydrogen-bond acceptors (Lipinski definition) is 4. The summed E-state index contributed by atoms with van der Waals surface area (Å²) in [7, 11) is 0. The van der Waals surface area contributed by atoms with Gasteiger partial charge in [0.1, 0.15) is 5.82 Å². The Morgan fingerprint density at radius 1 is 1.33 bits per heavy atom. The molecule has 0 saturated carbocycles. The fourth-order valence-corrected chi connectivity index (χ4v) is 1.84. The first kappa shape index (κ1) is 17.6. The lowest BCUT2D eigenvalue weighted by atomic mass is 10.2. The second kappa shape index (κ2) is 9.50. The summed E-state index contributed by atoms with van der Waals surface area (Å²) in [4.78, 5) is 9.05. The van der Waals surface area contributed by atoms with Crippen molar-refractivity contribution in [2.75, 3.05) is 13.2 Å². The fourth-order valence-electron chi connectivity index (χ4n) is 1.84. The molecule has 0 radical (unpaired) electrons. The molecule has 1 aromatic rings. The molecule has 1 N–H and O–H groups in total. The van der Waals surface area contributed by atoms with Crippen LogP contribution in [0.25, 0.3) is 0 Å². The minimum Gasteiger partial charge on any atom is -0.490 e. The van der Waals surface area contributed by atoms with E-state index in [0.29, 0.717) is 18.4 Å². The Hall–Kier alpha value is -1.42. The van der Waals surface area contributed by atoms with Gasteiger partial charge in [0.05, 0.1) is 18.5 Å². The molecule has 0 unspecified atom stereocenters. The molecule has 4 nitrogen and oxygen atoms in total. The molecular formula is C17H29N3O. The minimum atomic E-state index is 0.323. The van der Waals surface area contributed by atoms with Crippen molar-refractivity contribution < 1.29 is 4.74 Å². The van der Waals surface area contributed by atoms with Gasteiger partial charge in [-0.3, -0.25) is 0 Å². The maximum absolute atomic E-state index is 5.82. The van der Waals surface area contributed by atoms with Crippen LogP contribution in [0.15, 0.2) is 18.9 Å². The molecule has 0 spiro atoms. The largest absolute Gasteiger partial charge is 0.490 e. The molecule has 0 bridgehead atoms. The van der Waals surface area contributed by atoms with E-state index in [9.17, 15) is 0 Å². The number of nitrogens with zero attached hydrogens (tertiary/aromatic N) is 2. The van der Waals surface area contributed by atoms with Gasteiger partial charge in [-0.1, -0.05) is 33.8 Å². The van der Waals surface area contributed by atoms with E-state index in [0.717, 1.165) is 43.2 Å². The molecule has 0 saturated heterocycles. The van der Waals surface area contributed by atoms with E-state index in [-0.39, 0.29) is 0 Å². The zero-order chi connectivity index (χ0) is 15.7. The van der Waals surface area contributed by atoms with Crippen molar-refractivity contribution in [3.63, 3.8) is 0 Å². The molecule has 0 aromatic carbocycles. The Kier molecular flexibility index (Phi) is 7.98. The first-order valence-electron chi connectivity index (χ1n) is 7.84. The molecule has 4 heteroatoms. The van der Waals surface area contributed by atoms with Gasteiger partial charge in [-0.15, -0.1) is 6.58 Å². The number of nitrogens with one attached hydrogen (secondary N) is 1. The number of ether oxygens (including phenoxy) is 1. The van der Waals surface area contributed by atoms with E-state index in [1.807, 2.05) is 12.3 Å². The lowest BCUT2D eigenvalue weighted by Crippen LogP contribution is -2.21. The summed E-state index contributed by atoms with van der Waals surface area (Å²) in [5, 5.41) is 3.42. The molecule has 118 valence electrons. The van der Waals surface area contributed by atoms with Crippen LogP contribution in [0.1, 0.15) is 58.0 Å². The van der Waals surface area contributed by atoms with Crippen molar-refractivity contribution in [1.82, 2.24) is 15.3 Å². The fraction of sp³-hybridized carbons (Fsp3) is 0.647. The lowest BCUT2D eigenvalue weighted by Gasteiger charge is -2.14. The molecule has 0 aliphatic carbocycles. The molecule has 0 aliphatic rings. The second-order valence-corrected chi connectivity index (χ2v) is 6.00. The second-order valence-electron chi connectivity index (χ2n) is 6.00. The molecule has 0 amide bonds. The first-order valence-corrected chi connectivity index (χ1v) is 7.84. The highest BCUT2D eigenvalue weighted by Crippen LogP contribution is 2.19. The Morgan fingerprint density at radius 2 is 2.10 bits per heavy atom. The molecule has 1 aromatic heterocycles. The third-order valence-corrected chi connectivity index (χ3v) is 3.02. The highest BCUT2D eigenvalue weighted by molar-refractivity contribution is 5.25. The van der Waals surface area contributed by atoms with Crippen molar-refractivity contribution in [3.8, 4) is 5.75 Å². The van der Waals surface area contributed by atoms with Gasteiger partial charge < -0.3 is 10.1 Å². The van der Waals surface area contributed by atoms with Gasteiger partial charge in [0.25, 0.3) is 0 Å². The average molecular weight is 291 g/mol. The molecule has 1 heterocycles. The average Bonchev–Trinajstić information content (AvgIpc) is 2.44. The standard InChI is InChI=1S/C17H29N3O/c1-6-7-8-9-21-16-12-19-17(14(4)5)20-15(16)11-18-10-13(2)3/h6,12-14,18H,1,7-11H2,2-5H3. The highest BCUT2D eigenvalue weighted by atomic mass is 16.5. The lowest BCUT2D eigenvalue weighted by molar-refractivity contribution is 0.304. The van der Waals surface area contributed by atoms with Crippen molar-refractivity contribution >= 4 is 0 Å². The van der Waals surface area contributed by atoms with E-state index in [2.05, 4.69) is 49.6 Å². The Balaban J connectivity index is 2.71. The topological polar surface area (TPSA) is 47.0 Å². The molecule has 0 aliphatic heterocycles. The summed E-state index contributed by atoms with van der Waals surface area (Å²) in [5.74, 6) is 2.60. The van der Waals surface area contributed by atoms with Crippen LogP contribution in [0.3, 0.4) is 0 Å². The summed E-state index contributed by atoms with van der Waals surface area (Å²) in [6.45, 7) is 14.7. The van der Waals surface area contributed by atoms with Crippen molar-refractivity contribution in [3.05, 3.63) is 30.4 Å². The number of unbranched alkanes of at least 4 members (excludes halogenated alkanes) is 1. The molecule has 0 atom stereocenters. The summed E-state index contributed by atoms with van der Waals surface area (Å²) >= 11 is 0. The Labute approximate surface area is 129 Å². The summed E-state index contributed by atoms with van der Waals surface area (Å²) in [5.41, 5.74) is 0.952. The van der Waals surface area contributed by atoms with Gasteiger partial charge in [0, 0.05) is 12.5 Å². The zero-order valence-electron chi connectivity index (χ0n) is 13.9. The van der Waals surface area contributed by atoms with E-state index in [1.54, 1.807) is 0 Å². The van der Waals surface area contributed by atoms with Crippen molar-refractivity contribution in [2.45, 2.75) is 53.0 Å². The number of allylic oxidation sites excluding steroid dienone is 1. The Bertz CT molecular complexity index is 430. The van der Waals surface area contributed by atoms with Gasteiger partial charge in [0.15, 0.2) is 5.75 Å². The van der Waals surface area contributed by atoms with Gasteiger partial charge in [-0.05, 0) is 25.3 Å². The summed E-state index contributed by atoms with van der Waals surface area (Å²) < 4.78 is 5.82. The van der Waals surface area contributed by atoms with Crippen LogP contribution in [-0.2, 0) is 6.54 Å². The molecule has 1 rings (SSSR count). The van der Waals surface area contributed by atoms with Crippen molar-refractivity contribution in [1.29, 1.82) is 0 Å². The predicted octanol–water partition coefficient (Wildman–Crippen LogP) is 3.69. The smallest absolute Gasteiger partial charge is 0.160 e. The molecule has 0 fully saturated rings.